The Bertz CT molecular complexity index is 1430. The van der Waals surface area contributed by atoms with Crippen molar-refractivity contribution in [1.29, 1.82) is 0 Å². The topological polar surface area (TPSA) is 176 Å². The van der Waals surface area contributed by atoms with Crippen molar-refractivity contribution in [3.63, 3.8) is 0 Å². The van der Waals surface area contributed by atoms with E-state index in [1.54, 1.807) is 33.1 Å². The van der Waals surface area contributed by atoms with Crippen molar-refractivity contribution in [2.75, 3.05) is 46.6 Å². The summed E-state index contributed by atoms with van der Waals surface area (Å²) in [5.74, 6) is -3.63. The van der Waals surface area contributed by atoms with E-state index in [9.17, 15) is 32.3 Å². The third-order valence-corrected chi connectivity index (χ3v) is 7.73. The molecule has 2 saturated heterocycles. The largest absolute Gasteiger partial charge is 0.497 e. The average molecular weight is 695 g/mol. The number of hydrogen-bond acceptors (Lipinski definition) is 9. The van der Waals surface area contributed by atoms with E-state index in [2.05, 4.69) is 16.0 Å². The second-order valence-electron chi connectivity index (χ2n) is 11.7. The van der Waals surface area contributed by atoms with Gasteiger partial charge in [-0.05, 0) is 43.5 Å². The maximum Gasteiger partial charge on any atom is 0.490 e. The molecule has 2 aliphatic heterocycles. The number of carbonyl (C=O) groups is 5. The molecule has 2 fully saturated rings. The van der Waals surface area contributed by atoms with Gasteiger partial charge in [0.05, 0.1) is 39.5 Å². The van der Waals surface area contributed by atoms with Gasteiger partial charge in [0.1, 0.15) is 23.4 Å². The molecule has 0 unspecified atom stereocenters. The second-order valence-corrected chi connectivity index (χ2v) is 11.7. The van der Waals surface area contributed by atoms with E-state index in [0.29, 0.717) is 38.7 Å². The summed E-state index contributed by atoms with van der Waals surface area (Å²) in [6, 6.07) is 13.8. The molecule has 0 aliphatic carbocycles. The Morgan fingerprint density at radius 3 is 1.96 bits per heavy atom. The number of rotatable bonds is 14. The van der Waals surface area contributed by atoms with E-state index < -0.39 is 47.7 Å². The molecular formula is C33H41F3N4O9. The molecule has 0 saturated carbocycles. The Morgan fingerprint density at radius 2 is 1.43 bits per heavy atom. The molecule has 0 radical (unpaired) electrons. The monoisotopic (exact) mass is 694 g/mol. The van der Waals surface area contributed by atoms with Gasteiger partial charge in [0, 0.05) is 19.5 Å². The highest BCUT2D eigenvalue weighted by molar-refractivity contribution is 5.98. The average Bonchev–Trinajstić information content (AvgIpc) is 3.82. The van der Waals surface area contributed by atoms with Crippen molar-refractivity contribution >= 4 is 29.5 Å². The first-order chi connectivity index (χ1) is 23.1. The van der Waals surface area contributed by atoms with Crippen LogP contribution in [0.3, 0.4) is 0 Å². The Hall–Kier alpha value is -4.54. The molecule has 268 valence electrons. The lowest BCUT2D eigenvalue weighted by Gasteiger charge is -2.27. The lowest BCUT2D eigenvalue weighted by atomic mass is 9.94. The summed E-state index contributed by atoms with van der Waals surface area (Å²) in [6.07, 6.45) is -4.64. The molecule has 2 aromatic rings. The molecule has 16 heteroatoms. The zero-order valence-electron chi connectivity index (χ0n) is 27.4. The number of carbonyl (C=O) groups excluding carboxylic acids is 4. The Balaban J connectivity index is 0.000000838. The highest BCUT2D eigenvalue weighted by Crippen LogP contribution is 2.29. The molecule has 2 aliphatic rings. The number of halogens is 3. The van der Waals surface area contributed by atoms with Gasteiger partial charge in [0.15, 0.2) is 5.78 Å². The Morgan fingerprint density at radius 1 is 0.898 bits per heavy atom. The van der Waals surface area contributed by atoms with Crippen molar-refractivity contribution in [1.82, 2.24) is 20.9 Å². The fraction of sp³-hybridized carbons (Fsp3) is 0.485. The van der Waals surface area contributed by atoms with E-state index in [1.807, 2.05) is 47.4 Å². The number of amides is 3. The van der Waals surface area contributed by atoms with Crippen LogP contribution in [0.4, 0.5) is 13.2 Å². The second kappa shape index (κ2) is 17.7. The van der Waals surface area contributed by atoms with Crippen LogP contribution in [0.25, 0.3) is 0 Å². The van der Waals surface area contributed by atoms with Crippen LogP contribution in [0.15, 0.2) is 54.6 Å². The molecule has 49 heavy (non-hydrogen) atoms. The summed E-state index contributed by atoms with van der Waals surface area (Å²) in [6.45, 7) is 6.13. The standard InChI is InChI=1S/C31H40N4O7.C2HF3O2/c1-21(32-27(36)19-35-13-15-41-16-14-35)29(38)34-26(18-23-9-11-24(40-3)12-10-23)30(39)33-25(28(37)31(2)20-42-31)17-22-7-5-4-6-8-22;3-2(4,5)1(6)7/h4-12,21,25-26H,13-20H2,1-3H3,(H,32,36)(H,33,39)(H,34,38);(H,6,7)/t21-,25-,26-,31+;/m0./s1. The van der Waals surface area contributed by atoms with Crippen LogP contribution in [0, 0.1) is 0 Å². The summed E-state index contributed by atoms with van der Waals surface area (Å²) >= 11 is 0. The number of methoxy groups -OCH3 is 1. The van der Waals surface area contributed by atoms with Crippen molar-refractivity contribution in [2.45, 2.75) is 56.6 Å². The molecular weight excluding hydrogens is 653 g/mol. The van der Waals surface area contributed by atoms with Gasteiger partial charge in [-0.1, -0.05) is 42.5 Å². The minimum Gasteiger partial charge on any atom is -0.497 e. The fourth-order valence-electron chi connectivity index (χ4n) is 4.77. The maximum atomic E-state index is 13.7. The fourth-order valence-corrected chi connectivity index (χ4v) is 4.77. The molecule has 2 aromatic carbocycles. The maximum absolute atomic E-state index is 13.7. The minimum absolute atomic E-state index is 0.154. The van der Waals surface area contributed by atoms with Crippen LogP contribution in [0.1, 0.15) is 25.0 Å². The molecule has 0 aromatic heterocycles. The molecule has 3 amide bonds. The number of Topliss-reactive ketones (excluding diaryl/α,β-unsaturated/α-hetero) is 1. The number of hydrogen-bond donors (Lipinski definition) is 4. The SMILES string of the molecule is COc1ccc(C[C@H](NC(=O)[C@H](C)NC(=O)CN2CCOCC2)C(=O)N[C@@H](Cc2ccccc2)C(=O)[C@@]2(C)CO2)cc1.O=C(O)C(F)(F)F. The van der Waals surface area contributed by atoms with Gasteiger partial charge in [-0.2, -0.15) is 13.2 Å². The third-order valence-electron chi connectivity index (χ3n) is 7.73. The number of benzene rings is 2. The lowest BCUT2D eigenvalue weighted by molar-refractivity contribution is -0.192. The van der Waals surface area contributed by atoms with E-state index in [-0.39, 0.29) is 31.1 Å². The highest BCUT2D eigenvalue weighted by Gasteiger charge is 2.50. The van der Waals surface area contributed by atoms with Crippen LogP contribution < -0.4 is 20.7 Å². The quantitative estimate of drug-likeness (QED) is 0.211. The number of alkyl halides is 3. The van der Waals surface area contributed by atoms with Gasteiger partial charge in [0.2, 0.25) is 17.7 Å². The molecule has 2 heterocycles. The predicted octanol–water partition coefficient (Wildman–Crippen LogP) is 1.28. The van der Waals surface area contributed by atoms with Gasteiger partial charge >= 0.3 is 12.1 Å². The van der Waals surface area contributed by atoms with Gasteiger partial charge < -0.3 is 35.3 Å². The number of morpholine rings is 1. The number of ketones is 1. The molecule has 4 rings (SSSR count). The number of carboxylic acids is 1. The van der Waals surface area contributed by atoms with E-state index in [4.69, 9.17) is 24.1 Å². The smallest absolute Gasteiger partial charge is 0.490 e. The predicted molar refractivity (Wildman–Crippen MR) is 169 cm³/mol. The first-order valence-electron chi connectivity index (χ1n) is 15.5. The van der Waals surface area contributed by atoms with Crippen molar-refractivity contribution in [3.05, 3.63) is 65.7 Å². The van der Waals surface area contributed by atoms with Gasteiger partial charge in [-0.3, -0.25) is 24.1 Å². The van der Waals surface area contributed by atoms with Gasteiger partial charge in [-0.25, -0.2) is 4.79 Å². The Kier molecular flexibility index (Phi) is 14.1. The zero-order valence-corrected chi connectivity index (χ0v) is 27.4. The van der Waals surface area contributed by atoms with Crippen LogP contribution in [0.2, 0.25) is 0 Å². The molecule has 0 spiro atoms. The van der Waals surface area contributed by atoms with Crippen LogP contribution in [-0.2, 0) is 46.3 Å². The van der Waals surface area contributed by atoms with Crippen LogP contribution >= 0.6 is 0 Å². The summed E-state index contributed by atoms with van der Waals surface area (Å²) in [5, 5.41) is 15.5. The summed E-state index contributed by atoms with van der Waals surface area (Å²) in [7, 11) is 1.56. The molecule has 0 bridgehead atoms. The molecule has 4 atom stereocenters. The zero-order chi connectivity index (χ0) is 36.2. The summed E-state index contributed by atoms with van der Waals surface area (Å²) in [5.41, 5.74) is 0.720. The van der Waals surface area contributed by atoms with Crippen molar-refractivity contribution in [2.24, 2.45) is 0 Å². The normalized spacial score (nSPS) is 19.1. The van der Waals surface area contributed by atoms with Crippen molar-refractivity contribution < 1.29 is 56.5 Å². The first-order valence-corrected chi connectivity index (χ1v) is 15.5. The third kappa shape index (κ3) is 12.8. The molecule has 4 N–H and O–H groups in total. The number of nitrogens with zero attached hydrogens (tertiary/aromatic N) is 1. The van der Waals surface area contributed by atoms with Gasteiger partial charge in [-0.15, -0.1) is 0 Å². The summed E-state index contributed by atoms with van der Waals surface area (Å²) < 4.78 is 47.7. The molecule has 13 nitrogen and oxygen atoms in total. The Labute approximate surface area is 281 Å². The van der Waals surface area contributed by atoms with E-state index in [0.717, 1.165) is 11.1 Å². The van der Waals surface area contributed by atoms with Crippen LogP contribution in [-0.4, -0.2) is 116 Å². The first kappa shape index (κ1) is 38.9. The highest BCUT2D eigenvalue weighted by atomic mass is 19.4. The lowest BCUT2D eigenvalue weighted by Crippen LogP contribution is -2.57. The van der Waals surface area contributed by atoms with E-state index >= 15 is 0 Å². The van der Waals surface area contributed by atoms with Crippen molar-refractivity contribution in [3.8, 4) is 5.75 Å². The number of nitrogens with one attached hydrogen (secondary N) is 3. The minimum atomic E-state index is -5.08. The van der Waals surface area contributed by atoms with Crippen LogP contribution in [0.5, 0.6) is 5.75 Å². The number of carboxylic acid groups (broad SMARTS) is 1. The summed E-state index contributed by atoms with van der Waals surface area (Å²) in [4.78, 5) is 63.7. The number of epoxide rings is 1. The number of aliphatic carboxylic acids is 1. The van der Waals surface area contributed by atoms with Gasteiger partial charge in [0.25, 0.3) is 0 Å². The number of ether oxygens (including phenoxy) is 3. The van der Waals surface area contributed by atoms with E-state index in [1.165, 1.54) is 0 Å².